The number of nitrogens with one attached hydrogen (secondary N) is 2. The lowest BCUT2D eigenvalue weighted by Crippen LogP contribution is -2.29. The van der Waals surface area contributed by atoms with E-state index in [0.717, 1.165) is 32.1 Å². The molecule has 0 unspecified atom stereocenters. The third kappa shape index (κ3) is 4.68. The van der Waals surface area contributed by atoms with Crippen LogP contribution in [0, 0.1) is 33.3 Å². The van der Waals surface area contributed by atoms with Crippen LogP contribution < -0.4 is 10.6 Å². The van der Waals surface area contributed by atoms with Crippen molar-refractivity contribution in [3.63, 3.8) is 0 Å². The highest BCUT2D eigenvalue weighted by molar-refractivity contribution is 5.64. The second-order valence-corrected chi connectivity index (χ2v) is 5.91. The number of nitrogens with zero attached hydrogens (tertiary/aromatic N) is 2. The Balaban J connectivity index is 1.98. The molecule has 0 aliphatic heterocycles. The summed E-state index contributed by atoms with van der Waals surface area (Å²) in [5.74, 6) is 0.869. The van der Waals surface area contributed by atoms with E-state index in [1.807, 2.05) is 6.07 Å². The van der Waals surface area contributed by atoms with Gasteiger partial charge in [-0.1, -0.05) is 6.42 Å². The molecule has 0 spiro atoms. The Labute approximate surface area is 134 Å². The van der Waals surface area contributed by atoms with E-state index in [4.69, 9.17) is 5.26 Å². The largest absolute Gasteiger partial charge is 0.379 e. The van der Waals surface area contributed by atoms with Crippen molar-refractivity contribution in [2.24, 2.45) is 11.8 Å². The molecule has 1 fully saturated rings. The van der Waals surface area contributed by atoms with E-state index in [-0.39, 0.29) is 5.69 Å². The van der Waals surface area contributed by atoms with Crippen LogP contribution in [0.25, 0.3) is 0 Å². The number of anilines is 1. The van der Waals surface area contributed by atoms with Crippen LogP contribution in [0.15, 0.2) is 18.2 Å². The molecule has 7 nitrogen and oxygen atoms in total. The zero-order valence-corrected chi connectivity index (χ0v) is 12.8. The van der Waals surface area contributed by atoms with E-state index in [1.165, 1.54) is 18.2 Å². The van der Waals surface area contributed by atoms with E-state index in [9.17, 15) is 14.9 Å². The molecule has 1 aromatic rings. The molecule has 2 N–H and O–H groups in total. The van der Waals surface area contributed by atoms with Gasteiger partial charge in [0.25, 0.3) is 5.69 Å². The summed E-state index contributed by atoms with van der Waals surface area (Å²) < 4.78 is 0. The number of hydrogen-bond donors (Lipinski definition) is 2. The summed E-state index contributed by atoms with van der Waals surface area (Å²) in [6.07, 6.45) is 4.97. The summed E-state index contributed by atoms with van der Waals surface area (Å²) in [7, 11) is 0. The molecular weight excluding hydrogens is 296 g/mol. The third-order valence-corrected chi connectivity index (χ3v) is 4.28. The topological polar surface area (TPSA) is 108 Å². The Morgan fingerprint density at radius 2 is 2.09 bits per heavy atom. The molecule has 1 aliphatic rings. The maximum Gasteiger partial charge on any atom is 0.292 e. The van der Waals surface area contributed by atoms with Gasteiger partial charge in [-0.15, -0.1) is 0 Å². The summed E-state index contributed by atoms with van der Waals surface area (Å²) in [5.41, 5.74) is 0.774. The zero-order valence-electron chi connectivity index (χ0n) is 12.8. The van der Waals surface area contributed by atoms with E-state index in [0.29, 0.717) is 36.2 Å². The number of carbonyl (C=O) groups excluding carboxylic acids is 1. The van der Waals surface area contributed by atoms with Crippen molar-refractivity contribution in [2.45, 2.75) is 25.7 Å². The minimum Gasteiger partial charge on any atom is -0.379 e. The van der Waals surface area contributed by atoms with Gasteiger partial charge in [-0.25, -0.2) is 0 Å². The molecule has 1 saturated carbocycles. The van der Waals surface area contributed by atoms with Gasteiger partial charge in [0.2, 0.25) is 6.41 Å². The second kappa shape index (κ2) is 8.13. The average molecular weight is 316 g/mol. The molecule has 2 rings (SSSR count). The van der Waals surface area contributed by atoms with Crippen LogP contribution in [0.4, 0.5) is 11.4 Å². The van der Waals surface area contributed by atoms with E-state index in [2.05, 4.69) is 10.6 Å². The van der Waals surface area contributed by atoms with Gasteiger partial charge in [0.1, 0.15) is 5.69 Å². The van der Waals surface area contributed by atoms with Gasteiger partial charge >= 0.3 is 0 Å². The molecule has 1 aliphatic carbocycles. The summed E-state index contributed by atoms with van der Waals surface area (Å²) in [4.78, 5) is 21.0. The Bertz CT molecular complexity index is 612. The molecule has 0 heterocycles. The van der Waals surface area contributed by atoms with Crippen LogP contribution in [0.2, 0.25) is 0 Å². The van der Waals surface area contributed by atoms with Crippen LogP contribution in [-0.2, 0) is 4.79 Å². The van der Waals surface area contributed by atoms with Gasteiger partial charge in [0.15, 0.2) is 0 Å². The molecule has 1 aromatic carbocycles. The SMILES string of the molecule is N#Cc1ccc([N+](=O)[O-])c(NC[C@H]2CCC[C@@H](CNC=O)C2)c1. The lowest BCUT2D eigenvalue weighted by Gasteiger charge is -2.29. The molecule has 0 aromatic heterocycles. The predicted molar refractivity (Wildman–Crippen MR) is 85.8 cm³/mol. The van der Waals surface area contributed by atoms with Crippen LogP contribution in [0.3, 0.4) is 0 Å². The first-order valence-electron chi connectivity index (χ1n) is 7.73. The molecule has 0 bridgehead atoms. The molecule has 0 saturated heterocycles. The van der Waals surface area contributed by atoms with Crippen molar-refractivity contribution in [1.29, 1.82) is 5.26 Å². The quantitative estimate of drug-likeness (QED) is 0.456. The van der Waals surface area contributed by atoms with Crippen molar-refractivity contribution in [2.75, 3.05) is 18.4 Å². The third-order valence-electron chi connectivity index (χ3n) is 4.28. The van der Waals surface area contributed by atoms with Crippen LogP contribution in [0.5, 0.6) is 0 Å². The van der Waals surface area contributed by atoms with Gasteiger partial charge in [0.05, 0.1) is 16.6 Å². The van der Waals surface area contributed by atoms with Crippen molar-refractivity contribution >= 4 is 17.8 Å². The summed E-state index contributed by atoms with van der Waals surface area (Å²) in [5, 5.41) is 25.9. The first kappa shape index (κ1) is 16.7. The van der Waals surface area contributed by atoms with E-state index in [1.54, 1.807) is 0 Å². The number of rotatable bonds is 7. The average Bonchev–Trinajstić information content (AvgIpc) is 2.58. The molecule has 2 atom stereocenters. The van der Waals surface area contributed by atoms with Crippen molar-refractivity contribution in [1.82, 2.24) is 5.32 Å². The van der Waals surface area contributed by atoms with Gasteiger partial charge < -0.3 is 10.6 Å². The fraction of sp³-hybridized carbons (Fsp3) is 0.500. The van der Waals surface area contributed by atoms with Crippen molar-refractivity contribution in [3.05, 3.63) is 33.9 Å². The Hall–Kier alpha value is -2.62. The number of nitro groups is 1. The highest BCUT2D eigenvalue weighted by Crippen LogP contribution is 2.30. The molecular formula is C16H20N4O3. The number of nitriles is 1. The monoisotopic (exact) mass is 316 g/mol. The smallest absolute Gasteiger partial charge is 0.292 e. The normalized spacial score (nSPS) is 20.3. The second-order valence-electron chi connectivity index (χ2n) is 5.91. The van der Waals surface area contributed by atoms with Crippen LogP contribution >= 0.6 is 0 Å². The Morgan fingerprint density at radius 1 is 1.35 bits per heavy atom. The van der Waals surface area contributed by atoms with Crippen LogP contribution in [0.1, 0.15) is 31.2 Å². The Kier molecular flexibility index (Phi) is 5.92. The number of hydrogen-bond acceptors (Lipinski definition) is 5. The maximum atomic E-state index is 11.1. The predicted octanol–water partition coefficient (Wildman–Crippen LogP) is 2.43. The van der Waals surface area contributed by atoms with Gasteiger partial charge in [-0.3, -0.25) is 14.9 Å². The molecule has 0 radical (unpaired) electrons. The van der Waals surface area contributed by atoms with Gasteiger partial charge in [-0.2, -0.15) is 5.26 Å². The first-order valence-corrected chi connectivity index (χ1v) is 7.73. The highest BCUT2D eigenvalue weighted by Gasteiger charge is 2.22. The summed E-state index contributed by atoms with van der Waals surface area (Å²) in [6.45, 7) is 1.32. The van der Waals surface area contributed by atoms with Crippen molar-refractivity contribution < 1.29 is 9.72 Å². The lowest BCUT2D eigenvalue weighted by molar-refractivity contribution is -0.384. The minimum absolute atomic E-state index is 0.0148. The molecule has 122 valence electrons. The summed E-state index contributed by atoms with van der Waals surface area (Å²) in [6, 6.07) is 6.33. The molecule has 1 amide bonds. The van der Waals surface area contributed by atoms with Gasteiger partial charge in [-0.05, 0) is 43.2 Å². The Morgan fingerprint density at radius 3 is 2.74 bits per heavy atom. The van der Waals surface area contributed by atoms with E-state index < -0.39 is 4.92 Å². The molecule has 23 heavy (non-hydrogen) atoms. The lowest BCUT2D eigenvalue weighted by atomic mass is 9.81. The molecule has 7 heteroatoms. The number of benzene rings is 1. The van der Waals surface area contributed by atoms with Crippen LogP contribution in [-0.4, -0.2) is 24.4 Å². The number of carbonyl (C=O) groups is 1. The standard InChI is InChI=1S/C16H20N4O3/c17-8-12-4-5-16(20(22)23)15(7-12)19-10-14-3-1-2-13(6-14)9-18-11-21/h4-5,7,11,13-14,19H,1-3,6,9-10H2,(H,18,21)/t13-,14+/m1/s1. The van der Waals surface area contributed by atoms with Crippen molar-refractivity contribution in [3.8, 4) is 6.07 Å². The maximum absolute atomic E-state index is 11.1. The van der Waals surface area contributed by atoms with E-state index >= 15 is 0 Å². The fourth-order valence-corrected chi connectivity index (χ4v) is 3.15. The van der Waals surface area contributed by atoms with Gasteiger partial charge in [0, 0.05) is 19.2 Å². The zero-order chi connectivity index (χ0) is 16.7. The fourth-order valence-electron chi connectivity index (χ4n) is 3.15. The highest BCUT2D eigenvalue weighted by atomic mass is 16.6. The first-order chi connectivity index (χ1) is 11.1. The minimum atomic E-state index is -0.443. The number of amides is 1. The summed E-state index contributed by atoms with van der Waals surface area (Å²) >= 11 is 0. The number of nitro benzene ring substituents is 1.